The van der Waals surface area contributed by atoms with Gasteiger partial charge in [0.15, 0.2) is 5.96 Å². The van der Waals surface area contributed by atoms with Gasteiger partial charge in [0.2, 0.25) is 0 Å². The molecule has 0 bridgehead atoms. The van der Waals surface area contributed by atoms with Crippen LogP contribution in [0.1, 0.15) is 26.2 Å². The summed E-state index contributed by atoms with van der Waals surface area (Å²) in [4.78, 5) is 9.27. The molecule has 0 aromatic carbocycles. The number of guanidine groups is 1. The van der Waals surface area contributed by atoms with Crippen LogP contribution in [0.3, 0.4) is 0 Å². The van der Waals surface area contributed by atoms with Gasteiger partial charge in [0.1, 0.15) is 0 Å². The van der Waals surface area contributed by atoms with Crippen molar-refractivity contribution >= 4 is 5.96 Å². The first kappa shape index (κ1) is 21.4. The van der Waals surface area contributed by atoms with Crippen molar-refractivity contribution in [2.24, 2.45) is 10.9 Å². The Kier molecular flexibility index (Phi) is 10.3. The van der Waals surface area contributed by atoms with Crippen molar-refractivity contribution in [2.75, 3.05) is 79.7 Å². The zero-order chi connectivity index (χ0) is 18.6. The van der Waals surface area contributed by atoms with E-state index < -0.39 is 0 Å². The Morgan fingerprint density at radius 3 is 2.77 bits per heavy atom. The Bertz CT molecular complexity index is 393. The van der Waals surface area contributed by atoms with Gasteiger partial charge in [0.05, 0.1) is 12.7 Å². The number of nitrogens with one attached hydrogen (secondary N) is 2. The van der Waals surface area contributed by atoms with Crippen LogP contribution in [0.25, 0.3) is 0 Å². The number of aliphatic imine (C=N–C) groups is 1. The second-order valence-corrected chi connectivity index (χ2v) is 7.65. The molecule has 2 aliphatic rings. The van der Waals surface area contributed by atoms with Crippen LogP contribution in [0.2, 0.25) is 0 Å². The minimum atomic E-state index is 0.319. The lowest BCUT2D eigenvalue weighted by Gasteiger charge is -2.34. The van der Waals surface area contributed by atoms with Gasteiger partial charge in [-0.15, -0.1) is 0 Å². The second kappa shape index (κ2) is 12.5. The molecule has 2 unspecified atom stereocenters. The molecule has 0 amide bonds. The molecular weight excluding hydrogens is 330 g/mol. The molecule has 0 aromatic rings. The molecule has 0 radical (unpaired) electrons. The minimum absolute atomic E-state index is 0.319. The fraction of sp³-hybridized carbons (Fsp3) is 0.947. The average Bonchev–Trinajstić information content (AvgIpc) is 3.16. The summed E-state index contributed by atoms with van der Waals surface area (Å²) in [6.07, 6.45) is 3.61. The van der Waals surface area contributed by atoms with Crippen LogP contribution < -0.4 is 10.6 Å². The summed E-state index contributed by atoms with van der Waals surface area (Å²) >= 11 is 0. The third kappa shape index (κ3) is 8.66. The maximum atomic E-state index is 5.69. The summed E-state index contributed by atoms with van der Waals surface area (Å²) in [6, 6.07) is 0. The van der Waals surface area contributed by atoms with Crippen molar-refractivity contribution in [3.8, 4) is 0 Å². The molecule has 26 heavy (non-hydrogen) atoms. The van der Waals surface area contributed by atoms with Crippen LogP contribution in [-0.4, -0.2) is 102 Å². The third-order valence-corrected chi connectivity index (χ3v) is 5.09. The van der Waals surface area contributed by atoms with E-state index >= 15 is 0 Å². The Morgan fingerprint density at radius 1 is 1.27 bits per heavy atom. The number of rotatable bonds is 10. The molecular formula is C19H39N5O2. The number of nitrogens with zero attached hydrogens (tertiary/aromatic N) is 3. The van der Waals surface area contributed by atoms with Gasteiger partial charge < -0.3 is 29.9 Å². The zero-order valence-electron chi connectivity index (χ0n) is 17.0. The van der Waals surface area contributed by atoms with Crippen molar-refractivity contribution in [3.63, 3.8) is 0 Å². The van der Waals surface area contributed by atoms with Gasteiger partial charge in [0, 0.05) is 66.1 Å². The fourth-order valence-corrected chi connectivity index (χ4v) is 3.40. The quantitative estimate of drug-likeness (QED) is 0.334. The molecule has 7 nitrogen and oxygen atoms in total. The van der Waals surface area contributed by atoms with Crippen LogP contribution in [0.4, 0.5) is 0 Å². The van der Waals surface area contributed by atoms with Crippen LogP contribution >= 0.6 is 0 Å². The highest BCUT2D eigenvalue weighted by atomic mass is 16.5. The minimum Gasteiger partial charge on any atom is -0.379 e. The third-order valence-electron chi connectivity index (χ3n) is 5.09. The first-order valence-corrected chi connectivity index (χ1v) is 10.2. The molecule has 2 saturated heterocycles. The Morgan fingerprint density at radius 2 is 2.08 bits per heavy atom. The van der Waals surface area contributed by atoms with Gasteiger partial charge in [-0.2, -0.15) is 0 Å². The first-order chi connectivity index (χ1) is 12.7. The van der Waals surface area contributed by atoms with Gasteiger partial charge in [0.25, 0.3) is 0 Å². The SMILES string of the molecule is CN=C(NCCCOCC1CCCO1)NCC(C)CN1CCN(C)CC1. The van der Waals surface area contributed by atoms with E-state index in [4.69, 9.17) is 9.47 Å². The van der Waals surface area contributed by atoms with E-state index in [0.29, 0.717) is 12.0 Å². The first-order valence-electron chi connectivity index (χ1n) is 10.2. The van der Waals surface area contributed by atoms with Crippen molar-refractivity contribution in [3.05, 3.63) is 0 Å². The molecule has 152 valence electrons. The van der Waals surface area contributed by atoms with Gasteiger partial charge in [-0.1, -0.05) is 6.92 Å². The second-order valence-electron chi connectivity index (χ2n) is 7.65. The van der Waals surface area contributed by atoms with E-state index in [-0.39, 0.29) is 0 Å². The average molecular weight is 370 g/mol. The predicted octanol–water partition coefficient (Wildman–Crippen LogP) is 0.621. The smallest absolute Gasteiger partial charge is 0.190 e. The van der Waals surface area contributed by atoms with Crippen molar-refractivity contribution in [1.82, 2.24) is 20.4 Å². The van der Waals surface area contributed by atoms with E-state index in [1.807, 2.05) is 7.05 Å². The largest absolute Gasteiger partial charge is 0.379 e. The molecule has 2 N–H and O–H groups in total. The molecule has 0 spiro atoms. The lowest BCUT2D eigenvalue weighted by atomic mass is 10.1. The van der Waals surface area contributed by atoms with Crippen molar-refractivity contribution < 1.29 is 9.47 Å². The van der Waals surface area contributed by atoms with E-state index in [0.717, 1.165) is 58.3 Å². The summed E-state index contributed by atoms with van der Waals surface area (Å²) in [5.41, 5.74) is 0. The molecule has 0 saturated carbocycles. The molecule has 2 heterocycles. The van der Waals surface area contributed by atoms with E-state index in [2.05, 4.69) is 39.4 Å². The highest BCUT2D eigenvalue weighted by molar-refractivity contribution is 5.79. The summed E-state index contributed by atoms with van der Waals surface area (Å²) < 4.78 is 11.2. The maximum absolute atomic E-state index is 5.69. The number of hydrogen-bond donors (Lipinski definition) is 2. The van der Waals surface area contributed by atoms with Crippen LogP contribution in [0.5, 0.6) is 0 Å². The molecule has 2 rings (SSSR count). The predicted molar refractivity (Wildman–Crippen MR) is 107 cm³/mol. The lowest BCUT2D eigenvalue weighted by Crippen LogP contribution is -2.47. The molecule has 2 atom stereocenters. The standard InChI is InChI=1S/C19H39N5O2/c1-17(15-24-10-8-23(3)9-11-24)14-22-19(20-2)21-7-5-12-25-16-18-6-4-13-26-18/h17-18H,4-16H2,1-3H3,(H2,20,21,22). The number of hydrogen-bond acceptors (Lipinski definition) is 5. The van der Waals surface area contributed by atoms with Gasteiger partial charge in [-0.05, 0) is 32.2 Å². The van der Waals surface area contributed by atoms with Gasteiger partial charge in [-0.3, -0.25) is 4.99 Å². The fourth-order valence-electron chi connectivity index (χ4n) is 3.40. The van der Waals surface area contributed by atoms with E-state index in [9.17, 15) is 0 Å². The van der Waals surface area contributed by atoms with Gasteiger partial charge in [-0.25, -0.2) is 0 Å². The summed E-state index contributed by atoms with van der Waals surface area (Å²) in [5, 5.41) is 6.81. The summed E-state index contributed by atoms with van der Waals surface area (Å²) in [6.45, 7) is 12.4. The Hall–Kier alpha value is -0.890. The molecule has 2 fully saturated rings. The van der Waals surface area contributed by atoms with Crippen molar-refractivity contribution in [2.45, 2.75) is 32.3 Å². The molecule has 2 aliphatic heterocycles. The van der Waals surface area contributed by atoms with Crippen LogP contribution in [-0.2, 0) is 9.47 Å². The molecule has 0 aromatic heterocycles. The monoisotopic (exact) mass is 369 g/mol. The lowest BCUT2D eigenvalue weighted by molar-refractivity contribution is 0.0168. The Balaban J connectivity index is 1.47. The number of piperazine rings is 1. The van der Waals surface area contributed by atoms with E-state index in [1.165, 1.54) is 32.6 Å². The normalized spacial score (nSPS) is 24.0. The van der Waals surface area contributed by atoms with E-state index in [1.54, 1.807) is 0 Å². The highest BCUT2D eigenvalue weighted by Crippen LogP contribution is 2.11. The zero-order valence-corrected chi connectivity index (χ0v) is 17.0. The summed E-state index contributed by atoms with van der Waals surface area (Å²) in [7, 11) is 4.03. The maximum Gasteiger partial charge on any atom is 0.190 e. The van der Waals surface area contributed by atoms with Gasteiger partial charge >= 0.3 is 0 Å². The highest BCUT2D eigenvalue weighted by Gasteiger charge is 2.16. The number of likely N-dealkylation sites (N-methyl/N-ethyl adjacent to an activating group) is 1. The Labute approximate surface area is 159 Å². The van der Waals surface area contributed by atoms with Crippen molar-refractivity contribution in [1.29, 1.82) is 0 Å². The van der Waals surface area contributed by atoms with Crippen LogP contribution in [0.15, 0.2) is 4.99 Å². The van der Waals surface area contributed by atoms with Crippen LogP contribution in [0, 0.1) is 5.92 Å². The molecule has 7 heteroatoms. The summed E-state index contributed by atoms with van der Waals surface area (Å²) in [5.74, 6) is 1.49. The number of ether oxygens (including phenoxy) is 2. The molecule has 0 aliphatic carbocycles. The topological polar surface area (TPSA) is 61.4 Å².